The van der Waals surface area contributed by atoms with Crippen molar-refractivity contribution in [3.05, 3.63) is 182 Å². The predicted octanol–water partition coefficient (Wildman–Crippen LogP) is 10.6. The van der Waals surface area contributed by atoms with Crippen molar-refractivity contribution >= 4 is 11.9 Å². The zero-order chi connectivity index (χ0) is 40.7. The molecule has 2 unspecified atom stereocenters. The minimum absolute atomic E-state index is 0.0402. The summed E-state index contributed by atoms with van der Waals surface area (Å²) >= 11 is 0. The minimum Gasteiger partial charge on any atom is -0.490 e. The molecular weight excluding hydrogens is 729 g/mol. The molecule has 6 rings (SSSR count). The van der Waals surface area contributed by atoms with Crippen LogP contribution in [0, 0.1) is 0 Å². The first-order valence-corrected chi connectivity index (χ1v) is 19.0. The van der Waals surface area contributed by atoms with E-state index in [9.17, 15) is 9.59 Å². The van der Waals surface area contributed by atoms with Gasteiger partial charge in [-0.1, -0.05) is 128 Å². The van der Waals surface area contributed by atoms with Gasteiger partial charge in [0.1, 0.15) is 49.4 Å². The van der Waals surface area contributed by atoms with Crippen LogP contribution in [0.25, 0.3) is 33.4 Å². The minimum atomic E-state index is -0.725. The van der Waals surface area contributed by atoms with Crippen molar-refractivity contribution in [2.75, 3.05) is 26.4 Å². The Hall–Kier alpha value is -7.06. The summed E-state index contributed by atoms with van der Waals surface area (Å²) in [5, 5.41) is 0. The molecule has 8 heteroatoms. The molecule has 0 saturated heterocycles. The Morgan fingerprint density at radius 1 is 0.431 bits per heavy atom. The third-order valence-corrected chi connectivity index (χ3v) is 8.91. The van der Waals surface area contributed by atoms with E-state index in [1.165, 1.54) is 0 Å². The van der Waals surface area contributed by atoms with E-state index in [4.69, 9.17) is 28.4 Å². The number of hydrogen-bond donors (Lipinski definition) is 0. The zero-order valence-electron chi connectivity index (χ0n) is 32.7. The summed E-state index contributed by atoms with van der Waals surface area (Å²) in [4.78, 5) is 25.1. The lowest BCUT2D eigenvalue weighted by atomic mass is 10.0. The Labute approximate surface area is 339 Å². The fourth-order valence-electron chi connectivity index (χ4n) is 5.84. The molecule has 2 atom stereocenters. The number of ether oxygens (including phenoxy) is 6. The van der Waals surface area contributed by atoms with E-state index < -0.39 is 24.1 Å². The quantitative estimate of drug-likeness (QED) is 0.0594. The van der Waals surface area contributed by atoms with Gasteiger partial charge in [0.25, 0.3) is 0 Å². The van der Waals surface area contributed by atoms with E-state index >= 15 is 0 Å². The Balaban J connectivity index is 1.09. The molecule has 0 N–H and O–H groups in total. The van der Waals surface area contributed by atoms with Gasteiger partial charge < -0.3 is 28.4 Å². The normalized spacial score (nSPS) is 11.7. The molecular formula is C50H46O8. The van der Waals surface area contributed by atoms with Gasteiger partial charge in [0.05, 0.1) is 0 Å². The Bertz CT molecular complexity index is 2300. The summed E-state index contributed by atoms with van der Waals surface area (Å²) in [5.74, 6) is 1.40. The maximum absolute atomic E-state index is 12.6. The van der Waals surface area contributed by atoms with Crippen molar-refractivity contribution in [1.29, 1.82) is 0 Å². The van der Waals surface area contributed by atoms with Crippen LogP contribution in [-0.4, -0.2) is 50.6 Å². The van der Waals surface area contributed by atoms with E-state index in [-0.39, 0.29) is 37.6 Å². The summed E-state index contributed by atoms with van der Waals surface area (Å²) in [6, 6.07) is 50.6. The van der Waals surface area contributed by atoms with Crippen LogP contribution in [0.15, 0.2) is 182 Å². The van der Waals surface area contributed by atoms with Gasteiger partial charge in [0, 0.05) is 16.7 Å². The lowest BCUT2D eigenvalue weighted by Crippen LogP contribution is -2.31. The monoisotopic (exact) mass is 774 g/mol. The molecule has 0 aromatic heterocycles. The average molecular weight is 775 g/mol. The number of para-hydroxylation sites is 1. The largest absolute Gasteiger partial charge is 0.490 e. The van der Waals surface area contributed by atoms with Crippen LogP contribution < -0.4 is 18.9 Å². The molecule has 294 valence electrons. The summed E-state index contributed by atoms with van der Waals surface area (Å²) in [7, 11) is 0. The van der Waals surface area contributed by atoms with Gasteiger partial charge in [0.15, 0.2) is 12.2 Å². The highest BCUT2D eigenvalue weighted by Crippen LogP contribution is 2.32. The van der Waals surface area contributed by atoms with E-state index in [2.05, 4.69) is 13.2 Å². The molecule has 0 radical (unpaired) electrons. The smallest absolute Gasteiger partial charge is 0.333 e. The fourth-order valence-corrected chi connectivity index (χ4v) is 5.84. The molecule has 6 aromatic carbocycles. The van der Waals surface area contributed by atoms with Crippen molar-refractivity contribution in [2.24, 2.45) is 0 Å². The number of esters is 2. The van der Waals surface area contributed by atoms with E-state index in [1.807, 2.05) is 158 Å². The summed E-state index contributed by atoms with van der Waals surface area (Å²) in [6.45, 7) is 10.9. The van der Waals surface area contributed by atoms with Crippen LogP contribution in [0.5, 0.6) is 23.0 Å². The number of carbonyl (C=O) groups is 2. The SMILES string of the molecule is C=C(C)C(=O)OC(COc1ccc(-c2ccccc2OCC(COc2cccc(-c3ccccc3)c2)OC(=O)C(=C)C)cc1)COc1cccc(-c2ccccc2)c1. The van der Waals surface area contributed by atoms with Crippen molar-refractivity contribution in [3.8, 4) is 56.4 Å². The van der Waals surface area contributed by atoms with Crippen LogP contribution in [0.1, 0.15) is 13.8 Å². The summed E-state index contributed by atoms with van der Waals surface area (Å²) in [5.41, 5.74) is 6.42. The van der Waals surface area contributed by atoms with Gasteiger partial charge in [-0.25, -0.2) is 9.59 Å². The lowest BCUT2D eigenvalue weighted by molar-refractivity contribution is -0.148. The van der Waals surface area contributed by atoms with E-state index in [0.29, 0.717) is 23.0 Å². The first-order chi connectivity index (χ1) is 28.2. The molecule has 0 heterocycles. The van der Waals surface area contributed by atoms with E-state index in [0.717, 1.165) is 33.4 Å². The predicted molar refractivity (Wildman–Crippen MR) is 227 cm³/mol. The molecule has 8 nitrogen and oxygen atoms in total. The summed E-state index contributed by atoms with van der Waals surface area (Å²) < 4.78 is 36.0. The van der Waals surface area contributed by atoms with E-state index in [1.54, 1.807) is 13.8 Å². The lowest BCUT2D eigenvalue weighted by Gasteiger charge is -2.21. The molecule has 0 saturated carbocycles. The third-order valence-electron chi connectivity index (χ3n) is 8.91. The van der Waals surface area contributed by atoms with Crippen molar-refractivity contribution in [3.63, 3.8) is 0 Å². The number of rotatable bonds is 19. The maximum Gasteiger partial charge on any atom is 0.333 e. The zero-order valence-corrected chi connectivity index (χ0v) is 32.7. The van der Waals surface area contributed by atoms with Gasteiger partial charge in [-0.05, 0) is 84.1 Å². The van der Waals surface area contributed by atoms with Gasteiger partial charge in [-0.3, -0.25) is 0 Å². The molecule has 0 aliphatic rings. The van der Waals surface area contributed by atoms with Crippen LogP contribution in [0.4, 0.5) is 0 Å². The third kappa shape index (κ3) is 11.7. The Morgan fingerprint density at radius 2 is 0.845 bits per heavy atom. The number of carbonyl (C=O) groups excluding carboxylic acids is 2. The van der Waals surface area contributed by atoms with Crippen LogP contribution in [0.2, 0.25) is 0 Å². The molecule has 6 aromatic rings. The number of hydrogen-bond acceptors (Lipinski definition) is 8. The van der Waals surface area contributed by atoms with Crippen molar-refractivity contribution < 1.29 is 38.0 Å². The second-order valence-corrected chi connectivity index (χ2v) is 13.7. The fraction of sp³-hybridized carbons (Fsp3) is 0.160. The molecule has 0 fully saturated rings. The second-order valence-electron chi connectivity index (χ2n) is 13.7. The van der Waals surface area contributed by atoms with Gasteiger partial charge >= 0.3 is 11.9 Å². The molecule has 0 amide bonds. The molecule has 0 aliphatic carbocycles. The van der Waals surface area contributed by atoms with Crippen molar-refractivity contribution in [2.45, 2.75) is 26.1 Å². The second kappa shape index (κ2) is 20.2. The maximum atomic E-state index is 12.6. The average Bonchev–Trinajstić information content (AvgIpc) is 3.26. The van der Waals surface area contributed by atoms with Crippen LogP contribution in [-0.2, 0) is 19.1 Å². The summed E-state index contributed by atoms with van der Waals surface area (Å²) in [6.07, 6.45) is -1.43. The Morgan fingerprint density at radius 3 is 1.33 bits per heavy atom. The standard InChI is InChI=1S/C50H46O8/c1-35(2)49(51)57-45(32-54-43-21-13-19-40(29-43)37-15-7-5-8-16-37)31-53-42-27-25-39(26-28-42)47-23-11-12-24-48(47)56-34-46(58-50(52)36(3)4)33-55-44-22-14-20-41(30-44)38-17-9-6-10-18-38/h5-30,45-46H,1,3,31-34H2,2,4H3. The topological polar surface area (TPSA) is 89.5 Å². The molecule has 0 bridgehead atoms. The molecule has 58 heavy (non-hydrogen) atoms. The van der Waals surface area contributed by atoms with Gasteiger partial charge in [0.2, 0.25) is 0 Å². The highest BCUT2D eigenvalue weighted by molar-refractivity contribution is 5.87. The van der Waals surface area contributed by atoms with Gasteiger partial charge in [-0.15, -0.1) is 0 Å². The van der Waals surface area contributed by atoms with Crippen LogP contribution >= 0.6 is 0 Å². The first kappa shape index (κ1) is 40.6. The molecule has 0 spiro atoms. The van der Waals surface area contributed by atoms with Gasteiger partial charge in [-0.2, -0.15) is 0 Å². The van der Waals surface area contributed by atoms with Crippen molar-refractivity contribution in [1.82, 2.24) is 0 Å². The first-order valence-electron chi connectivity index (χ1n) is 19.0. The number of benzene rings is 6. The Kier molecular flexibility index (Phi) is 14.1. The highest BCUT2D eigenvalue weighted by Gasteiger charge is 2.20. The molecule has 0 aliphatic heterocycles. The highest BCUT2D eigenvalue weighted by atomic mass is 16.6. The van der Waals surface area contributed by atoms with Crippen LogP contribution in [0.3, 0.4) is 0 Å².